The van der Waals surface area contributed by atoms with E-state index < -0.39 is 0 Å². The van der Waals surface area contributed by atoms with Crippen molar-refractivity contribution in [2.45, 2.75) is 47.0 Å². The van der Waals surface area contributed by atoms with Gasteiger partial charge in [-0.05, 0) is 42.4 Å². The first-order valence-corrected chi connectivity index (χ1v) is 7.56. The van der Waals surface area contributed by atoms with Gasteiger partial charge < -0.3 is 0 Å². The van der Waals surface area contributed by atoms with E-state index in [4.69, 9.17) is 0 Å². The third-order valence-electron chi connectivity index (χ3n) is 4.51. The van der Waals surface area contributed by atoms with Crippen molar-refractivity contribution in [1.29, 1.82) is 0 Å². The van der Waals surface area contributed by atoms with Crippen molar-refractivity contribution in [1.82, 2.24) is 0 Å². The number of rotatable bonds is 1. The summed E-state index contributed by atoms with van der Waals surface area (Å²) in [5.41, 5.74) is 9.28. The second kappa shape index (κ2) is 4.48. The van der Waals surface area contributed by atoms with Crippen LogP contribution in [0.3, 0.4) is 0 Å². The van der Waals surface area contributed by atoms with Gasteiger partial charge in [-0.25, -0.2) is 0 Å². The molecule has 104 valence electrons. The van der Waals surface area contributed by atoms with E-state index in [0.717, 1.165) is 6.42 Å². The molecule has 1 aromatic carbocycles. The number of fused-ring (bicyclic) bond motifs is 1. The summed E-state index contributed by atoms with van der Waals surface area (Å²) >= 11 is 0. The van der Waals surface area contributed by atoms with Crippen LogP contribution in [0.25, 0.3) is 6.08 Å². The number of allylic oxidation sites excluding steroid dienone is 5. The molecule has 0 radical (unpaired) electrons. The third kappa shape index (κ3) is 2.08. The SMILES string of the molecule is CC1=CC(C(C)(C)C)=C([C@H]2C(C)=Cc3ccccc32)C1. The van der Waals surface area contributed by atoms with Crippen LogP contribution in [0.4, 0.5) is 0 Å². The Morgan fingerprint density at radius 3 is 2.40 bits per heavy atom. The molecule has 0 bridgehead atoms. The van der Waals surface area contributed by atoms with Gasteiger partial charge in [-0.2, -0.15) is 0 Å². The van der Waals surface area contributed by atoms with E-state index in [-0.39, 0.29) is 5.41 Å². The minimum atomic E-state index is 0.227. The highest BCUT2D eigenvalue weighted by Gasteiger charge is 2.32. The Balaban J connectivity index is 2.13. The van der Waals surface area contributed by atoms with E-state index in [1.165, 1.54) is 22.3 Å². The van der Waals surface area contributed by atoms with Crippen LogP contribution in [0, 0.1) is 5.41 Å². The molecule has 0 N–H and O–H groups in total. The van der Waals surface area contributed by atoms with Crippen molar-refractivity contribution < 1.29 is 0 Å². The molecule has 0 aliphatic heterocycles. The zero-order valence-electron chi connectivity index (χ0n) is 13.2. The molecule has 1 aromatic rings. The van der Waals surface area contributed by atoms with Gasteiger partial charge in [0.05, 0.1) is 0 Å². The lowest BCUT2D eigenvalue weighted by molar-refractivity contribution is 0.510. The second-order valence-electron chi connectivity index (χ2n) is 7.31. The summed E-state index contributed by atoms with van der Waals surface area (Å²) in [7, 11) is 0. The van der Waals surface area contributed by atoms with Crippen LogP contribution in [0.1, 0.15) is 58.1 Å². The van der Waals surface area contributed by atoms with Gasteiger partial charge in [0.15, 0.2) is 0 Å². The average Bonchev–Trinajstić information content (AvgIpc) is 2.87. The Morgan fingerprint density at radius 1 is 1.00 bits per heavy atom. The van der Waals surface area contributed by atoms with Crippen molar-refractivity contribution in [2.24, 2.45) is 5.41 Å². The molecule has 0 heteroatoms. The lowest BCUT2D eigenvalue weighted by Gasteiger charge is -2.26. The van der Waals surface area contributed by atoms with E-state index in [1.807, 2.05) is 0 Å². The first-order chi connectivity index (χ1) is 9.38. The van der Waals surface area contributed by atoms with Crippen LogP contribution in [-0.4, -0.2) is 0 Å². The molecular weight excluding hydrogens is 240 g/mol. The molecule has 0 saturated carbocycles. The highest BCUT2D eigenvalue weighted by Crippen LogP contribution is 2.49. The van der Waals surface area contributed by atoms with E-state index in [2.05, 4.69) is 71.0 Å². The average molecular weight is 264 g/mol. The number of hydrogen-bond donors (Lipinski definition) is 0. The summed E-state index contributed by atoms with van der Waals surface area (Å²) in [6.45, 7) is 11.5. The van der Waals surface area contributed by atoms with Crippen molar-refractivity contribution >= 4 is 6.08 Å². The number of benzene rings is 1. The summed E-state index contributed by atoms with van der Waals surface area (Å²) in [6, 6.07) is 8.85. The molecule has 20 heavy (non-hydrogen) atoms. The maximum absolute atomic E-state index is 2.42. The molecule has 0 saturated heterocycles. The largest absolute Gasteiger partial charge is 0.0689 e. The molecule has 2 aliphatic carbocycles. The lowest BCUT2D eigenvalue weighted by Crippen LogP contribution is -2.12. The summed E-state index contributed by atoms with van der Waals surface area (Å²) < 4.78 is 0. The molecule has 0 amide bonds. The lowest BCUT2D eigenvalue weighted by atomic mass is 9.78. The smallest absolute Gasteiger partial charge is 0.0273 e. The molecular formula is C20H24. The van der Waals surface area contributed by atoms with Crippen LogP contribution >= 0.6 is 0 Å². The Morgan fingerprint density at radius 2 is 1.70 bits per heavy atom. The van der Waals surface area contributed by atoms with Crippen LogP contribution in [0.5, 0.6) is 0 Å². The van der Waals surface area contributed by atoms with Gasteiger partial charge >= 0.3 is 0 Å². The van der Waals surface area contributed by atoms with Gasteiger partial charge in [0.2, 0.25) is 0 Å². The summed E-state index contributed by atoms with van der Waals surface area (Å²) in [5, 5.41) is 0. The van der Waals surface area contributed by atoms with Crippen molar-refractivity contribution in [3.05, 3.63) is 63.8 Å². The van der Waals surface area contributed by atoms with Crippen LogP contribution < -0.4 is 0 Å². The van der Waals surface area contributed by atoms with Gasteiger partial charge in [-0.3, -0.25) is 0 Å². The molecule has 0 fully saturated rings. The van der Waals surface area contributed by atoms with Crippen LogP contribution in [-0.2, 0) is 0 Å². The predicted octanol–water partition coefficient (Wildman–Crippen LogP) is 5.88. The highest BCUT2D eigenvalue weighted by atomic mass is 14.4. The van der Waals surface area contributed by atoms with Crippen molar-refractivity contribution in [2.75, 3.05) is 0 Å². The maximum atomic E-state index is 2.42. The van der Waals surface area contributed by atoms with E-state index >= 15 is 0 Å². The molecule has 1 atom stereocenters. The van der Waals surface area contributed by atoms with Gasteiger partial charge in [0.1, 0.15) is 0 Å². The van der Waals surface area contributed by atoms with Crippen LogP contribution in [0.2, 0.25) is 0 Å². The fourth-order valence-electron chi connectivity index (χ4n) is 3.68. The summed E-state index contributed by atoms with van der Waals surface area (Å²) in [6.07, 6.45) is 5.92. The quantitative estimate of drug-likeness (QED) is 0.594. The normalized spacial score (nSPS) is 21.9. The molecule has 2 aliphatic rings. The first-order valence-electron chi connectivity index (χ1n) is 7.56. The van der Waals surface area contributed by atoms with Crippen molar-refractivity contribution in [3.63, 3.8) is 0 Å². The molecule has 3 rings (SSSR count). The molecule has 0 nitrogen and oxygen atoms in total. The van der Waals surface area contributed by atoms with Crippen LogP contribution in [0.15, 0.2) is 52.6 Å². The monoisotopic (exact) mass is 264 g/mol. The fraction of sp³-hybridized carbons (Fsp3) is 0.400. The zero-order chi connectivity index (χ0) is 14.5. The van der Waals surface area contributed by atoms with E-state index in [9.17, 15) is 0 Å². The predicted molar refractivity (Wildman–Crippen MR) is 87.7 cm³/mol. The maximum Gasteiger partial charge on any atom is 0.0273 e. The minimum Gasteiger partial charge on any atom is -0.0689 e. The van der Waals surface area contributed by atoms with Gasteiger partial charge in [0.25, 0.3) is 0 Å². The molecule has 0 unspecified atom stereocenters. The third-order valence-corrected chi connectivity index (χ3v) is 4.51. The number of hydrogen-bond acceptors (Lipinski definition) is 0. The fourth-order valence-corrected chi connectivity index (χ4v) is 3.68. The van der Waals surface area contributed by atoms with Crippen molar-refractivity contribution in [3.8, 4) is 0 Å². The molecule has 0 spiro atoms. The van der Waals surface area contributed by atoms with Gasteiger partial charge in [-0.15, -0.1) is 0 Å². The Bertz CT molecular complexity index is 645. The zero-order valence-corrected chi connectivity index (χ0v) is 13.2. The minimum absolute atomic E-state index is 0.227. The first kappa shape index (κ1) is 13.4. The Hall–Kier alpha value is -1.56. The van der Waals surface area contributed by atoms with E-state index in [1.54, 1.807) is 11.1 Å². The second-order valence-corrected chi connectivity index (χ2v) is 7.31. The Kier molecular flexibility index (Phi) is 3.01. The summed E-state index contributed by atoms with van der Waals surface area (Å²) in [4.78, 5) is 0. The Labute approximate surface area is 122 Å². The topological polar surface area (TPSA) is 0 Å². The molecule has 0 heterocycles. The molecule has 0 aromatic heterocycles. The highest BCUT2D eigenvalue weighted by molar-refractivity contribution is 5.70. The van der Waals surface area contributed by atoms with E-state index in [0.29, 0.717) is 5.92 Å². The van der Waals surface area contributed by atoms with Gasteiger partial charge in [0, 0.05) is 5.92 Å². The summed E-state index contributed by atoms with van der Waals surface area (Å²) in [5.74, 6) is 0.495. The van der Waals surface area contributed by atoms with Gasteiger partial charge in [-0.1, -0.05) is 73.9 Å². The standard InChI is InChI=1S/C20H24/c1-13-10-17(18(11-13)20(3,4)5)19-14(2)12-15-8-6-7-9-16(15)19/h6-9,11-12,19H,10H2,1-5H3/t19-/m0/s1.